The monoisotopic (exact) mass is 388 g/mol. The SMILES string of the molecule is NC(=NCc1cccc(COCC(F)(F)F)c1)NCCCN1CCOCC1. The predicted molar refractivity (Wildman–Crippen MR) is 97.4 cm³/mol. The molecule has 9 heteroatoms. The highest BCUT2D eigenvalue weighted by molar-refractivity contribution is 5.77. The van der Waals surface area contributed by atoms with Gasteiger partial charge in [-0.25, -0.2) is 4.99 Å². The smallest absolute Gasteiger partial charge is 0.379 e. The topological polar surface area (TPSA) is 72.1 Å². The average Bonchev–Trinajstić information content (AvgIpc) is 2.64. The van der Waals surface area contributed by atoms with Gasteiger partial charge in [0.05, 0.1) is 26.4 Å². The van der Waals surface area contributed by atoms with Crippen molar-refractivity contribution in [2.24, 2.45) is 10.7 Å². The van der Waals surface area contributed by atoms with Crippen molar-refractivity contribution in [1.29, 1.82) is 0 Å². The summed E-state index contributed by atoms with van der Waals surface area (Å²) in [6.07, 6.45) is -3.36. The molecule has 27 heavy (non-hydrogen) atoms. The molecule has 0 atom stereocenters. The lowest BCUT2D eigenvalue weighted by molar-refractivity contribution is -0.176. The molecule has 0 radical (unpaired) electrons. The van der Waals surface area contributed by atoms with Crippen LogP contribution in [0.25, 0.3) is 0 Å². The van der Waals surface area contributed by atoms with E-state index >= 15 is 0 Å². The molecule has 0 spiro atoms. The first-order valence-corrected chi connectivity index (χ1v) is 8.98. The lowest BCUT2D eigenvalue weighted by Gasteiger charge is -2.26. The molecule has 1 aliphatic heterocycles. The summed E-state index contributed by atoms with van der Waals surface area (Å²) < 4.78 is 46.3. The fraction of sp³-hybridized carbons (Fsp3) is 0.611. The molecule has 1 saturated heterocycles. The Morgan fingerprint density at radius 2 is 2.00 bits per heavy atom. The number of hydrogen-bond acceptors (Lipinski definition) is 4. The van der Waals surface area contributed by atoms with Crippen molar-refractivity contribution in [3.05, 3.63) is 35.4 Å². The van der Waals surface area contributed by atoms with E-state index < -0.39 is 12.8 Å². The summed E-state index contributed by atoms with van der Waals surface area (Å²) in [5, 5.41) is 3.08. The van der Waals surface area contributed by atoms with Gasteiger partial charge in [0.1, 0.15) is 6.61 Å². The zero-order valence-electron chi connectivity index (χ0n) is 15.3. The van der Waals surface area contributed by atoms with Crippen LogP contribution in [0, 0.1) is 0 Å². The second kappa shape index (κ2) is 11.1. The highest BCUT2D eigenvalue weighted by Gasteiger charge is 2.27. The average molecular weight is 388 g/mol. The third kappa shape index (κ3) is 9.60. The zero-order chi connectivity index (χ0) is 19.5. The maximum absolute atomic E-state index is 12.1. The number of hydrogen-bond donors (Lipinski definition) is 2. The van der Waals surface area contributed by atoms with Gasteiger partial charge in [-0.1, -0.05) is 24.3 Å². The molecule has 152 valence electrons. The molecule has 1 fully saturated rings. The second-order valence-electron chi connectivity index (χ2n) is 6.36. The minimum Gasteiger partial charge on any atom is -0.379 e. The van der Waals surface area contributed by atoms with Crippen LogP contribution >= 0.6 is 0 Å². The molecule has 3 N–H and O–H groups in total. The van der Waals surface area contributed by atoms with Crippen LogP contribution in [0.2, 0.25) is 0 Å². The lowest BCUT2D eigenvalue weighted by atomic mass is 10.1. The van der Waals surface area contributed by atoms with Crippen LogP contribution in [0.1, 0.15) is 17.5 Å². The molecule has 0 amide bonds. The Bertz CT molecular complexity index is 590. The molecule has 0 saturated carbocycles. The molecular weight excluding hydrogens is 361 g/mol. The Morgan fingerprint density at radius 3 is 2.74 bits per heavy atom. The summed E-state index contributed by atoms with van der Waals surface area (Å²) in [5.41, 5.74) is 7.40. The number of nitrogens with two attached hydrogens (primary N) is 1. The number of aliphatic imine (C=N–C) groups is 1. The molecular formula is C18H27F3N4O2. The third-order valence-electron chi connectivity index (χ3n) is 4.02. The van der Waals surface area contributed by atoms with Gasteiger partial charge in [-0.15, -0.1) is 0 Å². The molecule has 0 unspecified atom stereocenters. The highest BCUT2D eigenvalue weighted by Crippen LogP contribution is 2.16. The normalized spacial score (nSPS) is 16.5. The number of benzene rings is 1. The van der Waals surface area contributed by atoms with Crippen LogP contribution in [-0.4, -0.2) is 63.0 Å². The van der Waals surface area contributed by atoms with Gasteiger partial charge in [0.2, 0.25) is 0 Å². The number of nitrogens with one attached hydrogen (secondary N) is 1. The van der Waals surface area contributed by atoms with E-state index in [1.54, 1.807) is 18.2 Å². The van der Waals surface area contributed by atoms with Gasteiger partial charge in [-0.2, -0.15) is 13.2 Å². The van der Waals surface area contributed by atoms with Crippen LogP contribution in [0.5, 0.6) is 0 Å². The Kier molecular flexibility index (Phi) is 8.83. The van der Waals surface area contributed by atoms with E-state index in [9.17, 15) is 13.2 Å². The summed E-state index contributed by atoms with van der Waals surface area (Å²) in [5.74, 6) is 0.357. The van der Waals surface area contributed by atoms with E-state index in [1.807, 2.05) is 6.07 Å². The van der Waals surface area contributed by atoms with E-state index in [0.29, 0.717) is 18.1 Å². The quantitative estimate of drug-likeness (QED) is 0.384. The van der Waals surface area contributed by atoms with Crippen molar-refractivity contribution in [2.75, 3.05) is 46.0 Å². The van der Waals surface area contributed by atoms with Gasteiger partial charge in [-0.3, -0.25) is 4.90 Å². The minimum atomic E-state index is -4.32. The Balaban J connectivity index is 1.66. The van der Waals surface area contributed by atoms with Gasteiger partial charge in [0.25, 0.3) is 0 Å². The fourth-order valence-electron chi connectivity index (χ4n) is 2.68. The standard InChI is InChI=1S/C18H27F3N4O2/c19-18(20,21)14-27-13-16-4-1-3-15(11-16)12-24-17(22)23-5-2-6-25-7-9-26-10-8-25/h1,3-4,11H,2,5-10,12-14H2,(H3,22,23,24). The number of morpholine rings is 1. The Hall–Kier alpha value is -1.84. The maximum atomic E-state index is 12.1. The summed E-state index contributed by atoms with van der Waals surface area (Å²) in [4.78, 5) is 6.62. The van der Waals surface area contributed by atoms with Crippen molar-refractivity contribution in [3.8, 4) is 0 Å². The van der Waals surface area contributed by atoms with Gasteiger partial charge in [-0.05, 0) is 24.1 Å². The van der Waals surface area contributed by atoms with Gasteiger partial charge >= 0.3 is 6.18 Å². The van der Waals surface area contributed by atoms with Gasteiger partial charge < -0.3 is 20.5 Å². The molecule has 1 aromatic carbocycles. The molecule has 0 bridgehead atoms. The first-order chi connectivity index (χ1) is 12.9. The Labute approximate surface area is 157 Å². The van der Waals surface area contributed by atoms with Crippen LogP contribution in [0.3, 0.4) is 0 Å². The highest BCUT2D eigenvalue weighted by atomic mass is 19.4. The first-order valence-electron chi connectivity index (χ1n) is 8.98. The maximum Gasteiger partial charge on any atom is 0.411 e. The van der Waals surface area contributed by atoms with Crippen molar-refractivity contribution in [3.63, 3.8) is 0 Å². The number of halogens is 3. The van der Waals surface area contributed by atoms with Crippen molar-refractivity contribution < 1.29 is 22.6 Å². The number of alkyl halides is 3. The van der Waals surface area contributed by atoms with E-state index in [0.717, 1.165) is 51.4 Å². The van der Waals surface area contributed by atoms with Crippen LogP contribution in [0.4, 0.5) is 13.2 Å². The summed E-state index contributed by atoms with van der Waals surface area (Å²) in [6.45, 7) is 4.24. The number of nitrogens with zero attached hydrogens (tertiary/aromatic N) is 2. The van der Waals surface area contributed by atoms with E-state index in [-0.39, 0.29) is 6.61 Å². The van der Waals surface area contributed by atoms with Crippen molar-refractivity contribution in [2.45, 2.75) is 25.7 Å². The molecule has 6 nitrogen and oxygen atoms in total. The van der Waals surface area contributed by atoms with Gasteiger partial charge in [0, 0.05) is 19.6 Å². The third-order valence-corrected chi connectivity index (χ3v) is 4.02. The molecule has 2 rings (SSSR count). The molecule has 1 aromatic rings. The molecule has 1 heterocycles. The molecule has 0 aliphatic carbocycles. The summed E-state index contributed by atoms with van der Waals surface area (Å²) in [6, 6.07) is 7.11. The minimum absolute atomic E-state index is 0.0909. The van der Waals surface area contributed by atoms with E-state index in [2.05, 4.69) is 19.9 Å². The molecule has 0 aromatic heterocycles. The van der Waals surface area contributed by atoms with E-state index in [1.165, 1.54) is 0 Å². The number of rotatable bonds is 9. The predicted octanol–water partition coefficient (Wildman–Crippen LogP) is 1.89. The first kappa shape index (κ1) is 21.5. The lowest BCUT2D eigenvalue weighted by Crippen LogP contribution is -2.39. The van der Waals surface area contributed by atoms with Crippen LogP contribution < -0.4 is 11.1 Å². The van der Waals surface area contributed by atoms with Crippen molar-refractivity contribution in [1.82, 2.24) is 10.2 Å². The number of ether oxygens (including phenoxy) is 2. The molecule has 1 aliphatic rings. The van der Waals surface area contributed by atoms with Crippen LogP contribution in [0.15, 0.2) is 29.3 Å². The van der Waals surface area contributed by atoms with Gasteiger partial charge in [0.15, 0.2) is 5.96 Å². The van der Waals surface area contributed by atoms with E-state index in [4.69, 9.17) is 10.5 Å². The van der Waals surface area contributed by atoms with Crippen molar-refractivity contribution >= 4 is 5.96 Å². The summed E-state index contributed by atoms with van der Waals surface area (Å²) >= 11 is 0. The largest absolute Gasteiger partial charge is 0.411 e. The number of guanidine groups is 1. The van der Waals surface area contributed by atoms with Crippen LogP contribution in [-0.2, 0) is 22.6 Å². The second-order valence-corrected chi connectivity index (χ2v) is 6.36. The Morgan fingerprint density at radius 1 is 1.26 bits per heavy atom. The zero-order valence-corrected chi connectivity index (χ0v) is 15.3. The summed E-state index contributed by atoms with van der Waals surface area (Å²) in [7, 11) is 0. The fourth-order valence-corrected chi connectivity index (χ4v) is 2.68.